The lowest BCUT2D eigenvalue weighted by Crippen LogP contribution is -2.49. The van der Waals surface area contributed by atoms with E-state index in [9.17, 15) is 14.7 Å². The van der Waals surface area contributed by atoms with E-state index in [1.807, 2.05) is 6.92 Å². The van der Waals surface area contributed by atoms with Crippen molar-refractivity contribution in [2.45, 2.75) is 25.9 Å². The minimum absolute atomic E-state index is 0.0848. The van der Waals surface area contributed by atoms with E-state index in [0.29, 0.717) is 13.1 Å². The fraction of sp³-hybridized carbons (Fsp3) is 0.800. The number of piperidine rings is 1. The number of urea groups is 1. The van der Waals surface area contributed by atoms with Crippen molar-refractivity contribution in [3.05, 3.63) is 0 Å². The van der Waals surface area contributed by atoms with E-state index in [0.717, 1.165) is 6.42 Å². The molecule has 1 rings (SSSR count). The molecule has 1 fully saturated rings. The Morgan fingerprint density at radius 3 is 2.75 bits per heavy atom. The molecule has 16 heavy (non-hydrogen) atoms. The molecule has 0 aromatic heterocycles. The fourth-order valence-corrected chi connectivity index (χ4v) is 1.62. The summed E-state index contributed by atoms with van der Waals surface area (Å²) < 4.78 is 0. The number of aliphatic hydroxyl groups excluding tert-OH is 1. The number of aliphatic carboxylic acids is 1. The monoisotopic (exact) mass is 230 g/mol. The SMILES string of the molecule is CC1CCN(C(=O)NCCC(=O)O)CC1O. The average Bonchev–Trinajstić information content (AvgIpc) is 2.21. The Morgan fingerprint density at radius 1 is 1.50 bits per heavy atom. The lowest BCUT2D eigenvalue weighted by atomic mass is 9.96. The Kier molecular flexibility index (Phi) is 4.54. The van der Waals surface area contributed by atoms with Crippen LogP contribution in [0, 0.1) is 5.92 Å². The molecule has 92 valence electrons. The quantitative estimate of drug-likeness (QED) is 0.630. The van der Waals surface area contributed by atoms with Crippen LogP contribution in [-0.2, 0) is 4.79 Å². The number of nitrogens with one attached hydrogen (secondary N) is 1. The molecule has 0 bridgehead atoms. The predicted octanol–water partition coefficient (Wildman–Crippen LogP) is -0.127. The number of likely N-dealkylation sites (tertiary alicyclic amines) is 1. The molecule has 0 saturated carbocycles. The Hall–Kier alpha value is -1.30. The largest absolute Gasteiger partial charge is 0.481 e. The van der Waals surface area contributed by atoms with E-state index < -0.39 is 12.1 Å². The van der Waals surface area contributed by atoms with Crippen LogP contribution in [0.3, 0.4) is 0 Å². The van der Waals surface area contributed by atoms with Gasteiger partial charge in [0.25, 0.3) is 0 Å². The lowest BCUT2D eigenvalue weighted by molar-refractivity contribution is -0.136. The number of amides is 2. The Balaban J connectivity index is 2.29. The van der Waals surface area contributed by atoms with Crippen LogP contribution in [0.25, 0.3) is 0 Å². The summed E-state index contributed by atoms with van der Waals surface area (Å²) >= 11 is 0. The molecule has 1 heterocycles. The number of rotatable bonds is 3. The number of nitrogens with zero attached hydrogens (tertiary/aromatic N) is 1. The minimum atomic E-state index is -0.937. The zero-order valence-corrected chi connectivity index (χ0v) is 9.35. The number of carboxylic acid groups (broad SMARTS) is 1. The lowest BCUT2D eigenvalue weighted by Gasteiger charge is -2.34. The van der Waals surface area contributed by atoms with Gasteiger partial charge in [-0.15, -0.1) is 0 Å². The van der Waals surface area contributed by atoms with Crippen molar-refractivity contribution in [2.24, 2.45) is 5.92 Å². The van der Waals surface area contributed by atoms with Gasteiger partial charge in [0, 0.05) is 19.6 Å². The van der Waals surface area contributed by atoms with E-state index >= 15 is 0 Å². The van der Waals surface area contributed by atoms with Crippen LogP contribution in [0.5, 0.6) is 0 Å². The van der Waals surface area contributed by atoms with Crippen LogP contribution < -0.4 is 5.32 Å². The van der Waals surface area contributed by atoms with Gasteiger partial charge < -0.3 is 20.4 Å². The zero-order valence-electron chi connectivity index (χ0n) is 9.35. The smallest absolute Gasteiger partial charge is 0.317 e. The Morgan fingerprint density at radius 2 is 2.19 bits per heavy atom. The number of carboxylic acids is 1. The van der Waals surface area contributed by atoms with E-state index in [4.69, 9.17) is 5.11 Å². The minimum Gasteiger partial charge on any atom is -0.481 e. The number of carbonyl (C=O) groups excluding carboxylic acids is 1. The number of carbonyl (C=O) groups is 2. The highest BCUT2D eigenvalue weighted by Gasteiger charge is 2.26. The van der Waals surface area contributed by atoms with Gasteiger partial charge in [-0.25, -0.2) is 4.79 Å². The van der Waals surface area contributed by atoms with Crippen LogP contribution in [0.2, 0.25) is 0 Å². The summed E-state index contributed by atoms with van der Waals surface area (Å²) in [6, 6.07) is -0.299. The topological polar surface area (TPSA) is 89.9 Å². The molecule has 0 aromatic rings. The third kappa shape index (κ3) is 3.69. The molecule has 0 radical (unpaired) electrons. The summed E-state index contributed by atoms with van der Waals surface area (Å²) in [7, 11) is 0. The maximum Gasteiger partial charge on any atom is 0.317 e. The van der Waals surface area contributed by atoms with Gasteiger partial charge in [0.2, 0.25) is 0 Å². The summed E-state index contributed by atoms with van der Waals surface area (Å²) in [5, 5.41) is 20.5. The Labute approximate surface area is 94.2 Å². The first kappa shape index (κ1) is 12.8. The maximum atomic E-state index is 11.5. The third-order valence-electron chi connectivity index (χ3n) is 2.82. The first-order valence-electron chi connectivity index (χ1n) is 5.43. The van der Waals surface area contributed by atoms with Gasteiger partial charge in [0.05, 0.1) is 12.5 Å². The second-order valence-corrected chi connectivity index (χ2v) is 4.15. The Bertz CT molecular complexity index is 270. The van der Waals surface area contributed by atoms with E-state index in [1.54, 1.807) is 0 Å². The van der Waals surface area contributed by atoms with E-state index in [1.165, 1.54) is 4.90 Å². The first-order valence-corrected chi connectivity index (χ1v) is 5.43. The molecule has 0 aliphatic carbocycles. The zero-order chi connectivity index (χ0) is 12.1. The maximum absolute atomic E-state index is 11.5. The highest BCUT2D eigenvalue weighted by atomic mass is 16.4. The highest BCUT2D eigenvalue weighted by molar-refractivity contribution is 5.75. The first-order chi connectivity index (χ1) is 7.50. The molecule has 1 saturated heterocycles. The molecule has 2 unspecified atom stereocenters. The van der Waals surface area contributed by atoms with Gasteiger partial charge in [-0.05, 0) is 12.3 Å². The fourth-order valence-electron chi connectivity index (χ4n) is 1.62. The van der Waals surface area contributed by atoms with Crippen molar-refractivity contribution in [1.29, 1.82) is 0 Å². The number of aliphatic hydroxyl groups is 1. The van der Waals surface area contributed by atoms with Crippen molar-refractivity contribution in [3.63, 3.8) is 0 Å². The number of β-amino-alcohol motifs (C(OH)–C–C–N with tert-alkyl or cyclic N) is 1. The van der Waals surface area contributed by atoms with Crippen LogP contribution >= 0.6 is 0 Å². The molecule has 6 heteroatoms. The van der Waals surface area contributed by atoms with Gasteiger partial charge in [-0.3, -0.25) is 4.79 Å². The third-order valence-corrected chi connectivity index (χ3v) is 2.82. The molecule has 1 aliphatic heterocycles. The van der Waals surface area contributed by atoms with Crippen LogP contribution in [-0.4, -0.2) is 52.9 Å². The van der Waals surface area contributed by atoms with Gasteiger partial charge >= 0.3 is 12.0 Å². The molecule has 0 aromatic carbocycles. The molecule has 3 N–H and O–H groups in total. The summed E-state index contributed by atoms with van der Waals surface area (Å²) in [4.78, 5) is 23.3. The van der Waals surface area contributed by atoms with E-state index in [2.05, 4.69) is 5.32 Å². The molecule has 2 atom stereocenters. The molecular formula is C10H18N2O4. The van der Waals surface area contributed by atoms with Crippen molar-refractivity contribution in [3.8, 4) is 0 Å². The van der Waals surface area contributed by atoms with Gasteiger partial charge in [-0.2, -0.15) is 0 Å². The predicted molar refractivity (Wildman–Crippen MR) is 57.0 cm³/mol. The highest BCUT2D eigenvalue weighted by Crippen LogP contribution is 2.16. The molecule has 0 spiro atoms. The van der Waals surface area contributed by atoms with Gasteiger partial charge in [0.1, 0.15) is 0 Å². The summed E-state index contributed by atoms with van der Waals surface area (Å²) in [6.07, 6.45) is 0.199. The summed E-state index contributed by atoms with van der Waals surface area (Å²) in [5.41, 5.74) is 0. The molecule has 1 aliphatic rings. The van der Waals surface area contributed by atoms with Crippen LogP contribution in [0.4, 0.5) is 4.79 Å². The van der Waals surface area contributed by atoms with Crippen molar-refractivity contribution < 1.29 is 19.8 Å². The second-order valence-electron chi connectivity index (χ2n) is 4.15. The van der Waals surface area contributed by atoms with Crippen molar-refractivity contribution >= 4 is 12.0 Å². The van der Waals surface area contributed by atoms with Gasteiger partial charge in [-0.1, -0.05) is 6.92 Å². The molecule has 2 amide bonds. The number of hydrogen-bond acceptors (Lipinski definition) is 3. The average molecular weight is 230 g/mol. The standard InChI is InChI=1S/C10H18N2O4/c1-7-3-5-12(6-8(7)13)10(16)11-4-2-9(14)15/h7-8,13H,2-6H2,1H3,(H,11,16)(H,14,15). The summed E-state index contributed by atoms with van der Waals surface area (Å²) in [5.74, 6) is -0.726. The summed E-state index contributed by atoms with van der Waals surface area (Å²) in [6.45, 7) is 3.00. The molecule has 6 nitrogen and oxygen atoms in total. The van der Waals surface area contributed by atoms with Crippen molar-refractivity contribution in [2.75, 3.05) is 19.6 Å². The van der Waals surface area contributed by atoms with Crippen LogP contribution in [0.1, 0.15) is 19.8 Å². The second kappa shape index (κ2) is 5.69. The number of hydrogen-bond donors (Lipinski definition) is 3. The van der Waals surface area contributed by atoms with Crippen molar-refractivity contribution in [1.82, 2.24) is 10.2 Å². The van der Waals surface area contributed by atoms with Crippen LogP contribution in [0.15, 0.2) is 0 Å². The van der Waals surface area contributed by atoms with E-state index in [-0.39, 0.29) is 24.9 Å². The van der Waals surface area contributed by atoms with Gasteiger partial charge in [0.15, 0.2) is 0 Å². The normalized spacial score (nSPS) is 25.2. The molecular weight excluding hydrogens is 212 g/mol.